The van der Waals surface area contributed by atoms with Crippen LogP contribution in [0.3, 0.4) is 0 Å². The van der Waals surface area contributed by atoms with E-state index in [9.17, 15) is 4.79 Å². The molecule has 1 aromatic carbocycles. The second-order valence-corrected chi connectivity index (χ2v) is 9.34. The molecule has 1 N–H and O–H groups in total. The number of piperazine rings is 1. The van der Waals surface area contributed by atoms with E-state index in [1.54, 1.807) is 12.1 Å². The van der Waals surface area contributed by atoms with Crippen molar-refractivity contribution in [3.05, 3.63) is 42.0 Å². The van der Waals surface area contributed by atoms with E-state index < -0.39 is 5.97 Å². The summed E-state index contributed by atoms with van der Waals surface area (Å²) in [5.41, 5.74) is 2.65. The largest absolute Gasteiger partial charge is 0.478 e. The molecule has 27 heavy (non-hydrogen) atoms. The summed E-state index contributed by atoms with van der Waals surface area (Å²) in [5.74, 6) is 0.463. The quantitative estimate of drug-likeness (QED) is 0.550. The van der Waals surface area contributed by atoms with E-state index in [1.165, 1.54) is 18.4 Å². The van der Waals surface area contributed by atoms with Gasteiger partial charge in [-0.3, -0.25) is 4.90 Å². The van der Waals surface area contributed by atoms with Crippen molar-refractivity contribution in [3.8, 4) is 0 Å². The number of carboxylic acids is 1. The highest BCUT2D eigenvalue weighted by Gasteiger charge is 2.41. The predicted octanol–water partition coefficient (Wildman–Crippen LogP) is 4.50. The Labute approximate surface area is 167 Å². The van der Waals surface area contributed by atoms with E-state index in [2.05, 4.69) is 30.2 Å². The molecule has 1 aliphatic heterocycles. The van der Waals surface area contributed by atoms with Crippen LogP contribution in [-0.2, 0) is 0 Å². The third-order valence-corrected chi connectivity index (χ3v) is 6.70. The fourth-order valence-corrected chi connectivity index (χ4v) is 5.05. The fourth-order valence-electron chi connectivity index (χ4n) is 4.53. The van der Waals surface area contributed by atoms with E-state index in [1.807, 2.05) is 12.1 Å². The number of carbonyl (C=O) groups is 1. The SMILES string of the molecule is C=C(CN1CCN(c2ccc(C(=O)O)cc2)CC1)C[C@@](C)(Cl)[C@H]1CCC1C. The first-order valence-electron chi connectivity index (χ1n) is 9.92. The van der Waals surface area contributed by atoms with Crippen molar-refractivity contribution in [2.45, 2.75) is 38.0 Å². The lowest BCUT2D eigenvalue weighted by Crippen LogP contribution is -2.47. The van der Waals surface area contributed by atoms with Crippen molar-refractivity contribution >= 4 is 23.3 Å². The van der Waals surface area contributed by atoms with Gasteiger partial charge in [-0.05, 0) is 55.9 Å². The molecular formula is C22H31ClN2O2. The first kappa shape index (κ1) is 20.2. The average molecular weight is 391 g/mol. The number of aromatic carboxylic acids is 1. The summed E-state index contributed by atoms with van der Waals surface area (Å²) in [5, 5.41) is 9.02. The number of benzene rings is 1. The van der Waals surface area contributed by atoms with E-state index in [4.69, 9.17) is 16.7 Å². The minimum Gasteiger partial charge on any atom is -0.478 e. The zero-order valence-corrected chi connectivity index (χ0v) is 17.2. The van der Waals surface area contributed by atoms with Gasteiger partial charge in [-0.25, -0.2) is 4.79 Å². The summed E-state index contributed by atoms with van der Waals surface area (Å²) in [6.45, 7) is 13.6. The van der Waals surface area contributed by atoms with Crippen molar-refractivity contribution < 1.29 is 9.90 Å². The molecule has 1 saturated heterocycles. The number of hydrogen-bond donors (Lipinski definition) is 1. The Kier molecular flexibility index (Phi) is 6.17. The summed E-state index contributed by atoms with van der Waals surface area (Å²) >= 11 is 6.85. The van der Waals surface area contributed by atoms with Gasteiger partial charge in [0.1, 0.15) is 0 Å². The van der Waals surface area contributed by atoms with E-state index in [0.717, 1.165) is 50.7 Å². The number of nitrogens with zero attached hydrogens (tertiary/aromatic N) is 2. The first-order chi connectivity index (χ1) is 12.8. The van der Waals surface area contributed by atoms with Crippen LogP contribution >= 0.6 is 11.6 Å². The van der Waals surface area contributed by atoms with Crippen LogP contribution in [0.25, 0.3) is 0 Å². The number of anilines is 1. The standard InChI is InChI=1S/C22H31ClN2O2/c1-16(14-22(3,23)20-9-4-17(20)2)15-24-10-12-25(13-11-24)19-7-5-18(6-8-19)21(26)27/h5-8,17,20H,1,4,9-15H2,2-3H3,(H,26,27)/t17?,20-,22+/m0/s1. The minimum absolute atomic E-state index is 0.164. The summed E-state index contributed by atoms with van der Waals surface area (Å²) in [6.07, 6.45) is 3.43. The number of alkyl halides is 1. The van der Waals surface area contributed by atoms with Gasteiger partial charge in [-0.1, -0.05) is 25.5 Å². The number of rotatable bonds is 7. The zero-order valence-electron chi connectivity index (χ0n) is 16.5. The minimum atomic E-state index is -0.882. The van der Waals surface area contributed by atoms with Crippen molar-refractivity contribution in [1.82, 2.24) is 4.90 Å². The zero-order chi connectivity index (χ0) is 19.6. The molecule has 148 valence electrons. The first-order valence-corrected chi connectivity index (χ1v) is 10.3. The molecule has 4 nitrogen and oxygen atoms in total. The Bertz CT molecular complexity index is 678. The van der Waals surface area contributed by atoms with Gasteiger partial charge in [0.05, 0.1) is 5.56 Å². The summed E-state index contributed by atoms with van der Waals surface area (Å²) < 4.78 is 0. The lowest BCUT2D eigenvalue weighted by molar-refractivity contribution is 0.0697. The maximum Gasteiger partial charge on any atom is 0.335 e. The van der Waals surface area contributed by atoms with Gasteiger partial charge >= 0.3 is 5.97 Å². The smallest absolute Gasteiger partial charge is 0.335 e. The van der Waals surface area contributed by atoms with Crippen LogP contribution < -0.4 is 4.90 Å². The maximum atomic E-state index is 11.0. The highest BCUT2D eigenvalue weighted by Crippen LogP contribution is 2.47. The molecule has 1 unspecified atom stereocenters. The Balaban J connectivity index is 1.46. The fraction of sp³-hybridized carbons (Fsp3) is 0.591. The molecule has 0 aromatic heterocycles. The van der Waals surface area contributed by atoms with E-state index in [0.29, 0.717) is 11.5 Å². The molecule has 0 spiro atoms. The molecule has 2 aliphatic rings. The van der Waals surface area contributed by atoms with Gasteiger partial charge in [0.2, 0.25) is 0 Å². The van der Waals surface area contributed by atoms with Crippen molar-refractivity contribution in [1.29, 1.82) is 0 Å². The van der Waals surface area contributed by atoms with Gasteiger partial charge in [-0.2, -0.15) is 0 Å². The normalized spacial score (nSPS) is 25.5. The van der Waals surface area contributed by atoms with E-state index in [-0.39, 0.29) is 4.87 Å². The molecule has 1 saturated carbocycles. The Morgan fingerprint density at radius 1 is 1.22 bits per heavy atom. The second kappa shape index (κ2) is 8.24. The van der Waals surface area contributed by atoms with Crippen molar-refractivity contribution in [3.63, 3.8) is 0 Å². The van der Waals surface area contributed by atoms with E-state index >= 15 is 0 Å². The molecule has 3 rings (SSSR count). The van der Waals surface area contributed by atoms with Crippen LogP contribution in [-0.4, -0.2) is 53.6 Å². The Morgan fingerprint density at radius 3 is 2.33 bits per heavy atom. The molecular weight excluding hydrogens is 360 g/mol. The number of carboxylic acid groups (broad SMARTS) is 1. The number of hydrogen-bond acceptors (Lipinski definition) is 3. The molecule has 0 amide bonds. The summed E-state index contributed by atoms with van der Waals surface area (Å²) in [6, 6.07) is 7.15. The third kappa shape index (κ3) is 4.85. The van der Waals surface area contributed by atoms with Crippen LogP contribution in [0.5, 0.6) is 0 Å². The molecule has 1 aliphatic carbocycles. The number of halogens is 1. The molecule has 0 bridgehead atoms. The highest BCUT2D eigenvalue weighted by molar-refractivity contribution is 6.24. The summed E-state index contributed by atoms with van der Waals surface area (Å²) in [4.78, 5) is 15.6. The predicted molar refractivity (Wildman–Crippen MR) is 112 cm³/mol. The van der Waals surface area contributed by atoms with Gasteiger partial charge in [0, 0.05) is 43.3 Å². The average Bonchev–Trinajstić information content (AvgIpc) is 2.60. The molecule has 1 aromatic rings. The topological polar surface area (TPSA) is 43.8 Å². The third-order valence-electron chi connectivity index (χ3n) is 6.29. The molecule has 0 radical (unpaired) electrons. The van der Waals surface area contributed by atoms with Crippen LogP contribution in [0.4, 0.5) is 5.69 Å². The summed E-state index contributed by atoms with van der Waals surface area (Å²) in [7, 11) is 0. The second-order valence-electron chi connectivity index (χ2n) is 8.48. The molecule has 2 fully saturated rings. The van der Waals surface area contributed by atoms with Crippen LogP contribution in [0.2, 0.25) is 0 Å². The molecule has 5 heteroatoms. The Morgan fingerprint density at radius 2 is 1.85 bits per heavy atom. The maximum absolute atomic E-state index is 11.0. The van der Waals surface area contributed by atoms with Gasteiger partial charge in [-0.15, -0.1) is 11.6 Å². The Hall–Kier alpha value is -1.52. The van der Waals surface area contributed by atoms with Gasteiger partial charge < -0.3 is 10.0 Å². The van der Waals surface area contributed by atoms with Crippen LogP contribution in [0.1, 0.15) is 43.5 Å². The van der Waals surface area contributed by atoms with Crippen LogP contribution in [0, 0.1) is 11.8 Å². The van der Waals surface area contributed by atoms with Crippen LogP contribution in [0.15, 0.2) is 36.4 Å². The van der Waals surface area contributed by atoms with Crippen molar-refractivity contribution in [2.24, 2.45) is 11.8 Å². The molecule has 3 atom stereocenters. The molecule has 1 heterocycles. The van der Waals surface area contributed by atoms with Gasteiger partial charge in [0.25, 0.3) is 0 Å². The lowest BCUT2D eigenvalue weighted by Gasteiger charge is -2.44. The monoisotopic (exact) mass is 390 g/mol. The van der Waals surface area contributed by atoms with Gasteiger partial charge in [0.15, 0.2) is 0 Å². The highest BCUT2D eigenvalue weighted by atomic mass is 35.5. The van der Waals surface area contributed by atoms with Crippen molar-refractivity contribution in [2.75, 3.05) is 37.6 Å². The lowest BCUT2D eigenvalue weighted by atomic mass is 9.66.